The van der Waals surface area contributed by atoms with Gasteiger partial charge in [-0.1, -0.05) is 4.67 Å². The molecule has 0 radical (unpaired) electrons. The van der Waals surface area contributed by atoms with Crippen LogP contribution in [0.25, 0.3) is 6.08 Å². The van der Waals surface area contributed by atoms with Gasteiger partial charge in [0.25, 0.3) is 0 Å². The number of benzene rings is 1. The Morgan fingerprint density at radius 2 is 2.00 bits per heavy atom. The fraction of sp³-hybridized carbons (Fsp3) is 0.417. The van der Waals surface area contributed by atoms with E-state index in [2.05, 4.69) is 5.32 Å². The highest BCUT2D eigenvalue weighted by atomic mass is 19.3. The number of carbonyl (C=O) groups excluding carboxylic acids is 1. The average molecular weight is 459 g/mol. The van der Waals surface area contributed by atoms with Crippen molar-refractivity contribution < 1.29 is 33.4 Å². The van der Waals surface area contributed by atoms with Crippen molar-refractivity contribution in [2.45, 2.75) is 51.1 Å². The molecule has 9 heteroatoms. The maximum absolute atomic E-state index is 13.7. The predicted octanol–water partition coefficient (Wildman–Crippen LogP) is 1.45. The van der Waals surface area contributed by atoms with Crippen LogP contribution in [0.15, 0.2) is 30.3 Å². The van der Waals surface area contributed by atoms with Gasteiger partial charge in [-0.05, 0) is 44.7 Å². The molecule has 7 nitrogen and oxygen atoms in total. The van der Waals surface area contributed by atoms with Gasteiger partial charge >= 0.3 is 34.3 Å². The number of ether oxygens (including phenoxy) is 1. The molecule has 2 aliphatic rings. The molecule has 1 saturated carbocycles. The minimum Gasteiger partial charge on any atom is -0.494 e. The number of anilines is 1. The average Bonchev–Trinajstić information content (AvgIpc) is 3.15. The van der Waals surface area contributed by atoms with E-state index in [9.17, 15) is 23.9 Å². The summed E-state index contributed by atoms with van der Waals surface area (Å²) in [6.07, 6.45) is 5.06. The first-order chi connectivity index (χ1) is 15.5. The molecular formula is C24H27F2N3O4+2. The van der Waals surface area contributed by atoms with Crippen molar-refractivity contribution in [2.24, 2.45) is 5.92 Å². The van der Waals surface area contributed by atoms with Crippen LogP contribution in [0, 0.1) is 5.92 Å². The summed E-state index contributed by atoms with van der Waals surface area (Å²) in [5.41, 5.74) is -0.418. The fourth-order valence-electron chi connectivity index (χ4n) is 4.33. The van der Waals surface area contributed by atoms with Gasteiger partial charge in [0.2, 0.25) is 0 Å². The van der Waals surface area contributed by atoms with E-state index in [-0.39, 0.29) is 16.3 Å². The number of rotatable bonds is 5. The van der Waals surface area contributed by atoms with E-state index in [0.717, 1.165) is 29.8 Å². The Balaban J connectivity index is 1.62. The van der Waals surface area contributed by atoms with E-state index in [1.54, 1.807) is 12.1 Å². The summed E-state index contributed by atoms with van der Waals surface area (Å²) >= 11 is 0. The van der Waals surface area contributed by atoms with Gasteiger partial charge < -0.3 is 15.2 Å². The maximum atomic E-state index is 13.7. The summed E-state index contributed by atoms with van der Waals surface area (Å²) in [6, 6.07) is 6.99. The molecule has 1 aliphatic carbocycles. The zero-order valence-electron chi connectivity index (χ0n) is 18.7. The van der Waals surface area contributed by atoms with E-state index in [0.29, 0.717) is 36.6 Å². The van der Waals surface area contributed by atoms with Crippen molar-refractivity contribution in [1.82, 2.24) is 4.67 Å². The molecule has 1 aromatic heterocycles. The van der Waals surface area contributed by atoms with E-state index in [1.165, 1.54) is 19.2 Å². The van der Waals surface area contributed by atoms with Gasteiger partial charge in [-0.25, -0.2) is 0 Å². The molecule has 0 spiro atoms. The molecule has 0 saturated heterocycles. The second kappa shape index (κ2) is 8.24. The van der Waals surface area contributed by atoms with Gasteiger partial charge in [-0.3, -0.25) is 10.0 Å². The van der Waals surface area contributed by atoms with E-state index in [1.807, 2.05) is 13.0 Å². The van der Waals surface area contributed by atoms with E-state index < -0.39 is 23.1 Å². The summed E-state index contributed by atoms with van der Waals surface area (Å²) in [4.78, 5) is 12.8. The minimum atomic E-state index is -3.33. The van der Waals surface area contributed by atoms with Crippen LogP contribution < -0.4 is 30.0 Å². The number of aliphatic hydroxyl groups is 1. The fourth-order valence-corrected chi connectivity index (χ4v) is 4.33. The van der Waals surface area contributed by atoms with Crippen LogP contribution in [-0.2, 0) is 5.92 Å². The van der Waals surface area contributed by atoms with E-state index >= 15 is 0 Å². The molecule has 2 heterocycles. The first-order valence-corrected chi connectivity index (χ1v) is 10.8. The van der Waals surface area contributed by atoms with Crippen LogP contribution in [0.3, 0.4) is 0 Å². The van der Waals surface area contributed by atoms with Crippen LogP contribution in [0.5, 0.6) is 5.75 Å². The lowest BCUT2D eigenvalue weighted by atomic mass is 9.78. The Morgan fingerprint density at radius 1 is 1.30 bits per heavy atom. The van der Waals surface area contributed by atoms with Crippen LogP contribution >= 0.6 is 0 Å². The first kappa shape index (κ1) is 22.9. The summed E-state index contributed by atoms with van der Waals surface area (Å²) in [7, 11) is 1.45. The number of nitrogens with one attached hydrogen (secondary N) is 1. The SMILES string of the molecule is COc1cc2c(cc1NC(=O)c1cccc(C(C)(F)F)[n+]1O)=CC([C@H]1CC[C@](C)(O)CC1)=[N+]=2. The van der Waals surface area contributed by atoms with Crippen molar-refractivity contribution in [2.75, 3.05) is 12.4 Å². The molecule has 4 rings (SSSR count). The molecule has 0 unspecified atom stereocenters. The number of aromatic nitrogens is 1. The molecule has 0 atom stereocenters. The second-order valence-corrected chi connectivity index (χ2v) is 9.01. The Kier molecular flexibility index (Phi) is 5.72. The maximum Gasteiger partial charge on any atom is 0.338 e. The molecule has 0 bridgehead atoms. The van der Waals surface area contributed by atoms with Crippen molar-refractivity contribution >= 4 is 23.4 Å². The van der Waals surface area contributed by atoms with Crippen molar-refractivity contribution in [1.29, 1.82) is 0 Å². The van der Waals surface area contributed by atoms with Crippen LogP contribution in [0.2, 0.25) is 0 Å². The Labute approximate surface area is 189 Å². The topological polar surface area (TPSA) is 96.8 Å². The zero-order valence-corrected chi connectivity index (χ0v) is 18.7. The summed E-state index contributed by atoms with van der Waals surface area (Å²) in [6.45, 7) is 2.49. The highest BCUT2D eigenvalue weighted by Crippen LogP contribution is 2.32. The van der Waals surface area contributed by atoms with Crippen LogP contribution in [0.4, 0.5) is 14.5 Å². The van der Waals surface area contributed by atoms with Gasteiger partial charge in [0.1, 0.15) is 5.75 Å². The van der Waals surface area contributed by atoms with Crippen molar-refractivity contribution in [3.63, 3.8) is 0 Å². The van der Waals surface area contributed by atoms with Crippen molar-refractivity contribution in [3.05, 3.63) is 52.3 Å². The second-order valence-electron chi connectivity index (χ2n) is 9.01. The molecule has 174 valence electrons. The van der Waals surface area contributed by atoms with Crippen LogP contribution in [-0.4, -0.2) is 34.6 Å². The monoisotopic (exact) mass is 459 g/mol. The van der Waals surface area contributed by atoms with Gasteiger partial charge in [-0.2, -0.15) is 8.78 Å². The number of carbonyl (C=O) groups is 1. The van der Waals surface area contributed by atoms with Gasteiger partial charge in [0.15, 0.2) is 0 Å². The molecule has 1 amide bonds. The summed E-state index contributed by atoms with van der Waals surface area (Å²) in [5.74, 6) is -3.50. The third-order valence-corrected chi connectivity index (χ3v) is 6.28. The Bertz CT molecular complexity index is 1270. The molecule has 1 aromatic carbocycles. The van der Waals surface area contributed by atoms with Gasteiger partial charge in [0.05, 0.1) is 35.6 Å². The lowest BCUT2D eigenvalue weighted by Crippen LogP contribution is -2.46. The standard InChI is InChI=1S/C24H26F2N3O4/c1-23(31)9-7-14(8-10-23)16-11-15-12-18(20(33-3)13-17(15)27-16)28-22(30)19-5-4-6-21(29(19)32)24(2,25)26/h4-6,11-14,31H,7-10H2,1-3H3,(H,30,32)/q+1/p+1/t14-,23-. The Morgan fingerprint density at radius 3 is 2.64 bits per heavy atom. The number of amides is 1. The number of fused-ring (bicyclic) bond motifs is 1. The zero-order chi connectivity index (χ0) is 24.0. The third-order valence-electron chi connectivity index (χ3n) is 6.28. The smallest absolute Gasteiger partial charge is 0.338 e. The van der Waals surface area contributed by atoms with Gasteiger partial charge in [-0.15, -0.1) is 0 Å². The van der Waals surface area contributed by atoms with Gasteiger partial charge in [0, 0.05) is 29.9 Å². The number of alkyl halides is 2. The lowest BCUT2D eigenvalue weighted by molar-refractivity contribution is -0.914. The number of halogens is 2. The number of methoxy groups -OCH3 is 1. The third kappa shape index (κ3) is 4.60. The summed E-state index contributed by atoms with van der Waals surface area (Å²) < 4.78 is 37.8. The quantitative estimate of drug-likeness (QED) is 0.358. The molecule has 3 N–H and O–H groups in total. The molecule has 1 fully saturated rings. The minimum absolute atomic E-state index is 0.195. The molecule has 2 aromatic rings. The molecule has 1 aliphatic heterocycles. The highest BCUT2D eigenvalue weighted by Gasteiger charge is 2.39. The largest absolute Gasteiger partial charge is 0.494 e. The number of hydrogen-bond donors (Lipinski definition) is 3. The summed E-state index contributed by atoms with van der Waals surface area (Å²) in [5, 5.41) is 24.5. The molecular weight excluding hydrogens is 432 g/mol. The lowest BCUT2D eigenvalue weighted by Gasteiger charge is -2.30. The Hall–Kier alpha value is -3.29. The number of hydrogen-bond acceptors (Lipinski definition) is 4. The number of nitrogens with zero attached hydrogens (tertiary/aromatic N) is 2. The predicted molar refractivity (Wildman–Crippen MR) is 117 cm³/mol. The van der Waals surface area contributed by atoms with E-state index in [4.69, 9.17) is 9.40 Å². The first-order valence-electron chi connectivity index (χ1n) is 10.8. The highest BCUT2D eigenvalue weighted by molar-refractivity contribution is 6.11. The van der Waals surface area contributed by atoms with Crippen LogP contribution in [0.1, 0.15) is 55.7 Å². The molecule has 33 heavy (non-hydrogen) atoms. The number of pyridine rings is 1. The van der Waals surface area contributed by atoms with Crippen molar-refractivity contribution in [3.8, 4) is 5.75 Å². The normalized spacial score (nSPS) is 22.0.